The Hall–Kier alpha value is -1.67. The van der Waals surface area contributed by atoms with E-state index in [1.54, 1.807) is 24.3 Å². The summed E-state index contributed by atoms with van der Waals surface area (Å²) in [4.78, 5) is 26.3. The van der Waals surface area contributed by atoms with Gasteiger partial charge < -0.3 is 9.47 Å². The van der Waals surface area contributed by atoms with Crippen LogP contribution in [0.2, 0.25) is 10.0 Å². The quantitative estimate of drug-likeness (QED) is 0.345. The van der Waals surface area contributed by atoms with Gasteiger partial charge in [-0.3, -0.25) is 14.5 Å². The number of hydrogen-bond acceptors (Lipinski definition) is 5. The van der Waals surface area contributed by atoms with E-state index in [0.29, 0.717) is 43.1 Å². The molecule has 1 fully saturated rings. The van der Waals surface area contributed by atoms with E-state index < -0.39 is 0 Å². The van der Waals surface area contributed by atoms with Gasteiger partial charge in [0.2, 0.25) is 0 Å². The summed E-state index contributed by atoms with van der Waals surface area (Å²) in [6.07, 6.45) is 1.68. The van der Waals surface area contributed by atoms with Crippen LogP contribution in [0, 0.1) is 0 Å². The predicted molar refractivity (Wildman–Crippen MR) is 129 cm³/mol. The zero-order chi connectivity index (χ0) is 22.7. The van der Waals surface area contributed by atoms with E-state index in [1.165, 1.54) is 4.90 Å². The Kier molecular flexibility index (Phi) is 7.97. The molecule has 1 heterocycles. The fourth-order valence-electron chi connectivity index (χ4n) is 2.94. The van der Waals surface area contributed by atoms with Crippen LogP contribution in [0.25, 0.3) is 6.08 Å². The van der Waals surface area contributed by atoms with Crippen molar-refractivity contribution in [1.29, 1.82) is 0 Å². The molecule has 2 aromatic rings. The molecule has 0 bridgehead atoms. The molecule has 2 aromatic carbocycles. The third-order valence-electron chi connectivity index (χ3n) is 4.34. The Balaban J connectivity index is 1.87. The molecule has 0 aromatic heterocycles. The molecule has 1 saturated heterocycles. The van der Waals surface area contributed by atoms with Crippen LogP contribution < -0.4 is 9.47 Å². The number of nitrogens with zero attached hydrogens (tertiary/aromatic N) is 1. The molecule has 164 valence electrons. The summed E-state index contributed by atoms with van der Waals surface area (Å²) in [7, 11) is 0. The second-order valence-electron chi connectivity index (χ2n) is 6.95. The summed E-state index contributed by atoms with van der Waals surface area (Å²) in [5.41, 5.74) is 1.57. The van der Waals surface area contributed by atoms with Gasteiger partial charge in [-0.25, -0.2) is 0 Å². The van der Waals surface area contributed by atoms with E-state index in [4.69, 9.17) is 32.7 Å². The van der Waals surface area contributed by atoms with Crippen LogP contribution >= 0.6 is 50.9 Å². The number of carbonyl (C=O) groups is 2. The summed E-state index contributed by atoms with van der Waals surface area (Å²) >= 11 is 16.5. The first-order chi connectivity index (χ1) is 14.7. The van der Waals surface area contributed by atoms with Gasteiger partial charge in [0.05, 0.1) is 26.0 Å². The van der Waals surface area contributed by atoms with Crippen molar-refractivity contribution in [3.63, 3.8) is 0 Å². The van der Waals surface area contributed by atoms with Gasteiger partial charge >= 0.3 is 0 Å². The summed E-state index contributed by atoms with van der Waals surface area (Å²) in [6, 6.07) is 8.70. The van der Waals surface area contributed by atoms with Crippen LogP contribution in [-0.4, -0.2) is 28.7 Å². The second kappa shape index (κ2) is 10.3. The van der Waals surface area contributed by atoms with E-state index in [0.717, 1.165) is 17.3 Å². The minimum absolute atomic E-state index is 0.193. The van der Waals surface area contributed by atoms with Crippen molar-refractivity contribution < 1.29 is 19.1 Å². The molecule has 0 aliphatic carbocycles. The van der Waals surface area contributed by atoms with Crippen molar-refractivity contribution >= 4 is 68.1 Å². The number of halogens is 3. The van der Waals surface area contributed by atoms with Gasteiger partial charge in [0.25, 0.3) is 11.1 Å². The number of hydrogen-bond donors (Lipinski definition) is 0. The van der Waals surface area contributed by atoms with E-state index in [9.17, 15) is 9.59 Å². The number of amides is 2. The van der Waals surface area contributed by atoms with E-state index in [1.807, 2.05) is 32.9 Å². The summed E-state index contributed by atoms with van der Waals surface area (Å²) < 4.78 is 12.4. The average molecular weight is 545 g/mol. The number of ether oxygens (including phenoxy) is 2. The van der Waals surface area contributed by atoms with Crippen molar-refractivity contribution in [3.05, 3.63) is 60.9 Å². The Morgan fingerprint density at radius 3 is 2.48 bits per heavy atom. The minimum atomic E-state index is -0.293. The maximum Gasteiger partial charge on any atom is 0.293 e. The topological polar surface area (TPSA) is 55.8 Å². The lowest BCUT2D eigenvalue weighted by atomic mass is 10.1. The number of imide groups is 1. The van der Waals surface area contributed by atoms with Crippen LogP contribution in [0.3, 0.4) is 0 Å². The highest BCUT2D eigenvalue weighted by Gasteiger charge is 2.36. The number of thioether (sulfide) groups is 1. The van der Waals surface area contributed by atoms with Crippen molar-refractivity contribution in [2.24, 2.45) is 0 Å². The molecule has 1 aliphatic rings. The van der Waals surface area contributed by atoms with Crippen LogP contribution in [0.15, 0.2) is 39.7 Å². The molecule has 0 unspecified atom stereocenters. The van der Waals surface area contributed by atoms with Gasteiger partial charge in [-0.2, -0.15) is 0 Å². The second-order valence-corrected chi connectivity index (χ2v) is 9.61. The monoisotopic (exact) mass is 543 g/mol. The Labute approximate surface area is 203 Å². The highest BCUT2D eigenvalue weighted by molar-refractivity contribution is 9.10. The number of carbonyl (C=O) groups excluding carboxylic acids is 2. The fraction of sp³-hybridized carbons (Fsp3) is 0.273. The molecular weight excluding hydrogens is 525 g/mol. The van der Waals surface area contributed by atoms with E-state index in [2.05, 4.69) is 15.9 Å². The highest BCUT2D eigenvalue weighted by atomic mass is 79.9. The number of rotatable bonds is 7. The fourth-order valence-corrected chi connectivity index (χ4v) is 4.79. The molecule has 31 heavy (non-hydrogen) atoms. The lowest BCUT2D eigenvalue weighted by Crippen LogP contribution is -2.34. The lowest BCUT2D eigenvalue weighted by Gasteiger charge is -2.16. The summed E-state index contributed by atoms with van der Waals surface area (Å²) in [6.45, 7) is 6.19. The van der Waals surface area contributed by atoms with Crippen molar-refractivity contribution in [3.8, 4) is 11.5 Å². The largest absolute Gasteiger partial charge is 0.490 e. The first kappa shape index (κ1) is 24.0. The maximum absolute atomic E-state index is 12.6. The van der Waals surface area contributed by atoms with Gasteiger partial charge in [-0.05, 0) is 89.9 Å². The van der Waals surface area contributed by atoms with Crippen molar-refractivity contribution in [2.75, 3.05) is 6.61 Å². The number of benzene rings is 2. The van der Waals surface area contributed by atoms with E-state index in [-0.39, 0.29) is 23.8 Å². The van der Waals surface area contributed by atoms with Crippen molar-refractivity contribution in [2.45, 2.75) is 33.4 Å². The first-order valence-electron chi connectivity index (χ1n) is 9.51. The smallest absolute Gasteiger partial charge is 0.293 e. The SMILES string of the molecule is CCOc1cc(/C=C2\SC(=O)N(C(C)C)C2=O)cc(Br)c1OCc1ccc(Cl)c(Cl)c1. The van der Waals surface area contributed by atoms with Crippen LogP contribution in [0.1, 0.15) is 31.9 Å². The van der Waals surface area contributed by atoms with Gasteiger partial charge in [0.15, 0.2) is 11.5 Å². The van der Waals surface area contributed by atoms with Gasteiger partial charge in [-0.15, -0.1) is 0 Å². The van der Waals surface area contributed by atoms with Crippen LogP contribution in [0.5, 0.6) is 11.5 Å². The Bertz CT molecular complexity index is 1060. The third-order valence-corrected chi connectivity index (χ3v) is 6.55. The lowest BCUT2D eigenvalue weighted by molar-refractivity contribution is -0.123. The Morgan fingerprint density at radius 1 is 1.13 bits per heavy atom. The minimum Gasteiger partial charge on any atom is -0.490 e. The van der Waals surface area contributed by atoms with Gasteiger partial charge in [0.1, 0.15) is 6.61 Å². The molecule has 1 aliphatic heterocycles. The van der Waals surface area contributed by atoms with Crippen LogP contribution in [0.4, 0.5) is 4.79 Å². The first-order valence-corrected chi connectivity index (χ1v) is 11.9. The summed E-state index contributed by atoms with van der Waals surface area (Å²) in [5.74, 6) is 0.755. The predicted octanol–water partition coefficient (Wildman–Crippen LogP) is 7.18. The van der Waals surface area contributed by atoms with Crippen molar-refractivity contribution in [1.82, 2.24) is 4.90 Å². The molecule has 0 saturated carbocycles. The molecule has 0 N–H and O–H groups in total. The van der Waals surface area contributed by atoms with Gasteiger partial charge in [-0.1, -0.05) is 29.3 Å². The molecule has 0 atom stereocenters. The molecule has 3 rings (SSSR count). The molecular formula is C22H20BrCl2NO4S. The Morgan fingerprint density at radius 2 is 1.87 bits per heavy atom. The maximum atomic E-state index is 12.6. The van der Waals surface area contributed by atoms with Crippen LogP contribution in [-0.2, 0) is 11.4 Å². The summed E-state index contributed by atoms with van der Waals surface area (Å²) in [5, 5.41) is 0.669. The zero-order valence-corrected chi connectivity index (χ0v) is 21.0. The molecule has 2 amide bonds. The molecule has 0 radical (unpaired) electrons. The zero-order valence-electron chi connectivity index (χ0n) is 17.1. The third kappa shape index (κ3) is 5.58. The standard InChI is InChI=1S/C22H20BrCl2NO4S/c1-4-29-18-9-14(10-19-21(27)26(12(2)3)22(28)31-19)7-15(23)20(18)30-11-13-5-6-16(24)17(25)8-13/h5-10,12H,4,11H2,1-3H3/b19-10-. The highest BCUT2D eigenvalue weighted by Crippen LogP contribution is 2.40. The average Bonchev–Trinajstić information content (AvgIpc) is 2.97. The van der Waals surface area contributed by atoms with Gasteiger partial charge in [0, 0.05) is 6.04 Å². The molecule has 0 spiro atoms. The molecule has 9 heteroatoms. The normalized spacial score (nSPS) is 15.3. The molecule has 5 nitrogen and oxygen atoms in total. The van der Waals surface area contributed by atoms with E-state index >= 15 is 0 Å².